The summed E-state index contributed by atoms with van der Waals surface area (Å²) >= 11 is 1.33. The maximum absolute atomic E-state index is 13.2. The van der Waals surface area contributed by atoms with Crippen LogP contribution >= 0.6 is 11.3 Å². The zero-order valence-corrected chi connectivity index (χ0v) is 15.0. The van der Waals surface area contributed by atoms with Gasteiger partial charge < -0.3 is 10.0 Å². The van der Waals surface area contributed by atoms with Gasteiger partial charge in [-0.15, -0.1) is 11.3 Å². The number of carboxylic acids is 1. The number of aromatic nitrogens is 1. The minimum atomic E-state index is -1.03. The number of carbonyl (C=O) groups is 2. The minimum Gasteiger partial charge on any atom is -0.476 e. The predicted molar refractivity (Wildman–Crippen MR) is 97.0 cm³/mol. The Morgan fingerprint density at radius 1 is 1.32 bits per heavy atom. The Hall–Kier alpha value is -2.21. The number of hydrogen-bond acceptors (Lipinski definition) is 4. The highest BCUT2D eigenvalue weighted by atomic mass is 32.1. The molecule has 2 aromatic rings. The Labute approximate surface area is 151 Å². The lowest BCUT2D eigenvalue weighted by atomic mass is 9.89. The van der Waals surface area contributed by atoms with Gasteiger partial charge in [0.1, 0.15) is 5.01 Å². The van der Waals surface area contributed by atoms with Crippen molar-refractivity contribution >= 4 is 23.2 Å². The van der Waals surface area contributed by atoms with Gasteiger partial charge in [0.05, 0.1) is 6.04 Å². The molecule has 0 bridgehead atoms. The van der Waals surface area contributed by atoms with Crippen molar-refractivity contribution in [3.8, 4) is 0 Å². The second kappa shape index (κ2) is 7.78. The quantitative estimate of drug-likeness (QED) is 0.797. The number of benzene rings is 1. The summed E-state index contributed by atoms with van der Waals surface area (Å²) in [5.74, 6) is -1.02. The number of hydrogen-bond donors (Lipinski definition) is 1. The molecule has 0 spiro atoms. The Balaban J connectivity index is 1.95. The molecule has 1 aliphatic carbocycles. The molecule has 1 amide bonds. The fourth-order valence-corrected chi connectivity index (χ4v) is 4.08. The molecule has 25 heavy (non-hydrogen) atoms. The average molecular weight is 358 g/mol. The first-order valence-electron chi connectivity index (χ1n) is 8.68. The number of amides is 1. The van der Waals surface area contributed by atoms with E-state index in [-0.39, 0.29) is 23.7 Å². The predicted octanol–water partition coefficient (Wildman–Crippen LogP) is 4.38. The van der Waals surface area contributed by atoms with Gasteiger partial charge in [0.2, 0.25) is 0 Å². The molecule has 0 radical (unpaired) electrons. The van der Waals surface area contributed by atoms with Crippen LogP contribution in [0.2, 0.25) is 0 Å². The molecule has 1 heterocycles. The molecule has 1 N–H and O–H groups in total. The molecule has 1 aromatic heterocycles. The van der Waals surface area contributed by atoms with Crippen molar-refractivity contribution in [3.05, 3.63) is 52.0 Å². The third kappa shape index (κ3) is 3.74. The van der Waals surface area contributed by atoms with Crippen LogP contribution < -0.4 is 0 Å². The second-order valence-corrected chi connectivity index (χ2v) is 7.23. The van der Waals surface area contributed by atoms with E-state index >= 15 is 0 Å². The summed E-state index contributed by atoms with van der Waals surface area (Å²) < 4.78 is 0. The summed E-state index contributed by atoms with van der Waals surface area (Å²) in [7, 11) is 0. The van der Waals surface area contributed by atoms with Crippen LogP contribution in [0.4, 0.5) is 0 Å². The van der Waals surface area contributed by atoms with E-state index in [9.17, 15) is 9.59 Å². The van der Waals surface area contributed by atoms with Crippen molar-refractivity contribution in [2.24, 2.45) is 0 Å². The van der Waals surface area contributed by atoms with E-state index in [0.717, 1.165) is 37.1 Å². The summed E-state index contributed by atoms with van der Waals surface area (Å²) in [5, 5.41) is 11.4. The maximum atomic E-state index is 13.2. The SMILES string of the molecule is CCCC(c1nc(C(=O)O)cs1)N(C(=O)c1ccccc1)C1CCC1. The number of aromatic carboxylic acids is 1. The molecular weight excluding hydrogens is 336 g/mol. The zero-order valence-electron chi connectivity index (χ0n) is 14.2. The lowest BCUT2D eigenvalue weighted by Crippen LogP contribution is -2.46. The summed E-state index contributed by atoms with van der Waals surface area (Å²) in [6.45, 7) is 2.07. The number of nitrogens with zero attached hydrogens (tertiary/aromatic N) is 2. The van der Waals surface area contributed by atoms with E-state index in [1.54, 1.807) is 5.38 Å². The molecule has 1 atom stereocenters. The Bertz CT molecular complexity index is 740. The van der Waals surface area contributed by atoms with Crippen molar-refractivity contribution in [1.29, 1.82) is 0 Å². The number of carboxylic acid groups (broad SMARTS) is 1. The Morgan fingerprint density at radius 2 is 2.04 bits per heavy atom. The van der Waals surface area contributed by atoms with E-state index in [4.69, 9.17) is 5.11 Å². The molecule has 1 fully saturated rings. The van der Waals surface area contributed by atoms with Crippen molar-refractivity contribution < 1.29 is 14.7 Å². The first kappa shape index (κ1) is 17.6. The number of thiazole rings is 1. The van der Waals surface area contributed by atoms with Crippen LogP contribution in [0.5, 0.6) is 0 Å². The molecule has 1 aliphatic rings. The molecule has 6 heteroatoms. The van der Waals surface area contributed by atoms with Gasteiger partial charge in [-0.1, -0.05) is 31.5 Å². The normalized spacial score (nSPS) is 15.4. The molecule has 5 nitrogen and oxygen atoms in total. The third-order valence-electron chi connectivity index (χ3n) is 4.65. The third-order valence-corrected chi connectivity index (χ3v) is 5.59. The van der Waals surface area contributed by atoms with E-state index in [1.807, 2.05) is 35.2 Å². The fourth-order valence-electron chi connectivity index (χ4n) is 3.15. The van der Waals surface area contributed by atoms with Gasteiger partial charge in [-0.25, -0.2) is 9.78 Å². The molecule has 1 unspecified atom stereocenters. The van der Waals surface area contributed by atoms with Gasteiger partial charge in [0.25, 0.3) is 5.91 Å². The van der Waals surface area contributed by atoms with Gasteiger partial charge >= 0.3 is 5.97 Å². The van der Waals surface area contributed by atoms with E-state index in [0.29, 0.717) is 5.56 Å². The van der Waals surface area contributed by atoms with E-state index in [1.165, 1.54) is 11.3 Å². The first-order chi connectivity index (χ1) is 12.1. The van der Waals surface area contributed by atoms with Crippen molar-refractivity contribution in [2.45, 2.75) is 51.1 Å². The second-order valence-electron chi connectivity index (χ2n) is 6.34. The zero-order chi connectivity index (χ0) is 17.8. The van der Waals surface area contributed by atoms with Crippen LogP contribution in [-0.2, 0) is 0 Å². The van der Waals surface area contributed by atoms with Crippen LogP contribution in [0.25, 0.3) is 0 Å². The van der Waals surface area contributed by atoms with Gasteiger partial charge in [-0.2, -0.15) is 0 Å². The summed E-state index contributed by atoms with van der Waals surface area (Å²) in [4.78, 5) is 30.6. The van der Waals surface area contributed by atoms with Crippen molar-refractivity contribution in [1.82, 2.24) is 9.88 Å². The molecular formula is C19H22N2O3S. The van der Waals surface area contributed by atoms with Gasteiger partial charge in [0, 0.05) is 17.0 Å². The summed E-state index contributed by atoms with van der Waals surface area (Å²) in [6, 6.07) is 9.35. The smallest absolute Gasteiger partial charge is 0.355 e. The molecule has 0 aliphatic heterocycles. The number of carbonyl (C=O) groups excluding carboxylic acids is 1. The van der Waals surface area contributed by atoms with Gasteiger partial charge in [0.15, 0.2) is 5.69 Å². The highest BCUT2D eigenvalue weighted by molar-refractivity contribution is 7.09. The molecule has 132 valence electrons. The average Bonchev–Trinajstić information content (AvgIpc) is 3.06. The van der Waals surface area contributed by atoms with Crippen molar-refractivity contribution in [3.63, 3.8) is 0 Å². The van der Waals surface area contributed by atoms with Crippen LogP contribution in [-0.4, -0.2) is 32.9 Å². The summed E-state index contributed by atoms with van der Waals surface area (Å²) in [5.41, 5.74) is 0.729. The van der Waals surface area contributed by atoms with Crippen LogP contribution in [0.15, 0.2) is 35.7 Å². The Kier molecular flexibility index (Phi) is 5.48. The topological polar surface area (TPSA) is 70.5 Å². The van der Waals surface area contributed by atoms with Crippen molar-refractivity contribution in [2.75, 3.05) is 0 Å². The minimum absolute atomic E-state index is 0.0100. The molecule has 0 saturated heterocycles. The fraction of sp³-hybridized carbons (Fsp3) is 0.421. The highest BCUT2D eigenvalue weighted by Crippen LogP contribution is 2.37. The van der Waals surface area contributed by atoms with E-state index in [2.05, 4.69) is 11.9 Å². The lowest BCUT2D eigenvalue weighted by molar-refractivity contribution is 0.0417. The largest absolute Gasteiger partial charge is 0.476 e. The summed E-state index contributed by atoms with van der Waals surface area (Å²) in [6.07, 6.45) is 4.80. The highest BCUT2D eigenvalue weighted by Gasteiger charge is 2.36. The van der Waals surface area contributed by atoms with Gasteiger partial charge in [-0.3, -0.25) is 4.79 Å². The standard InChI is InChI=1S/C19H22N2O3S/c1-2-7-16(17-20-15(12-25-17)19(23)24)21(14-10-6-11-14)18(22)13-8-4-3-5-9-13/h3-5,8-9,12,14,16H,2,6-7,10-11H2,1H3,(H,23,24). The van der Waals surface area contributed by atoms with Crippen LogP contribution in [0, 0.1) is 0 Å². The van der Waals surface area contributed by atoms with Gasteiger partial charge in [-0.05, 0) is 37.8 Å². The number of rotatable bonds is 7. The van der Waals surface area contributed by atoms with Crippen LogP contribution in [0.1, 0.15) is 70.9 Å². The first-order valence-corrected chi connectivity index (χ1v) is 9.56. The molecule has 3 rings (SSSR count). The van der Waals surface area contributed by atoms with Crippen LogP contribution in [0.3, 0.4) is 0 Å². The molecule has 1 saturated carbocycles. The lowest BCUT2D eigenvalue weighted by Gasteiger charge is -2.42. The monoisotopic (exact) mass is 358 g/mol. The maximum Gasteiger partial charge on any atom is 0.355 e. The molecule has 1 aromatic carbocycles. The Morgan fingerprint density at radius 3 is 2.56 bits per heavy atom. The van der Waals surface area contributed by atoms with E-state index < -0.39 is 5.97 Å².